The first-order valence-electron chi connectivity index (χ1n) is 13.8. The molecule has 6 atom stereocenters. The molecular weight excluding hydrogens is 621 g/mol. The highest BCUT2D eigenvalue weighted by Crippen LogP contribution is 2.62. The zero-order chi connectivity index (χ0) is 31.3. The minimum absolute atomic E-state index is 0.00203. The van der Waals surface area contributed by atoms with Crippen LogP contribution >= 0.6 is 22.5 Å². The fraction of sp³-hybridized carbons (Fsp3) is 0.593. The van der Waals surface area contributed by atoms with E-state index in [2.05, 4.69) is 15.4 Å². The first-order chi connectivity index (χ1) is 20.3. The first-order valence-corrected chi connectivity index (χ1v) is 15.8. The van der Waals surface area contributed by atoms with Gasteiger partial charge in [0, 0.05) is 43.1 Å². The van der Waals surface area contributed by atoms with Crippen LogP contribution in [0.3, 0.4) is 0 Å². The summed E-state index contributed by atoms with van der Waals surface area (Å²) in [6, 6.07) is 0.607. The molecule has 0 radical (unpaired) electrons. The van der Waals surface area contributed by atoms with Crippen LogP contribution in [0.5, 0.6) is 0 Å². The SMILES string of the molecule is CCn1ncc(Cl)c1C([SH]1C[C@H](OC)[C@@H](n2cc(-c3cc(F)c(F)c(F)c3)nn2)[C@@H](O)[C@H]1CO)C1(O)CCC(F)(F)CC1. The number of methoxy groups -OCH3 is 1. The van der Waals surface area contributed by atoms with E-state index < -0.39 is 88.1 Å². The molecule has 1 aliphatic heterocycles. The van der Waals surface area contributed by atoms with Crippen molar-refractivity contribution in [3.8, 4) is 11.3 Å². The first kappa shape index (κ1) is 32.1. The molecule has 0 spiro atoms. The second kappa shape index (κ2) is 12.2. The number of rotatable bonds is 8. The molecule has 3 heterocycles. The highest BCUT2D eigenvalue weighted by molar-refractivity contribution is 8.18. The normalized spacial score (nSPS) is 28.6. The lowest BCUT2D eigenvalue weighted by Crippen LogP contribution is -2.54. The van der Waals surface area contributed by atoms with Crippen LogP contribution in [-0.2, 0) is 11.3 Å². The molecule has 9 nitrogen and oxygen atoms in total. The third kappa shape index (κ3) is 5.91. The molecule has 2 unspecified atom stereocenters. The standard InChI is InChI=1S/C27H33ClF5N5O4S/c1-3-37-22(15(28)10-34-37)25(26(41)4-6-27(32,33)7-5-26)43-13-19(42-2)23(24(40)20(43)12-39)38-11-18(35-36-38)14-8-16(29)21(31)17(30)9-14/h8-11,19-20,23-25,39-41,43H,3-7,12-13H2,1-2H3/t19-,20+,23+,24-,25?/m0/s1. The number of aliphatic hydroxyl groups excluding tert-OH is 2. The highest BCUT2D eigenvalue weighted by Gasteiger charge is 2.55. The number of benzene rings is 1. The largest absolute Gasteiger partial charge is 0.395 e. The fourth-order valence-electron chi connectivity index (χ4n) is 6.34. The number of aryl methyl sites for hydroxylation is 1. The summed E-state index contributed by atoms with van der Waals surface area (Å²) in [5, 5.41) is 45.2. The van der Waals surface area contributed by atoms with Crippen LogP contribution in [0.1, 0.15) is 49.6 Å². The number of halogens is 6. The number of ether oxygens (including phenoxy) is 1. The van der Waals surface area contributed by atoms with Gasteiger partial charge in [-0.15, -0.1) is 5.10 Å². The number of aliphatic hydroxyl groups is 3. The van der Waals surface area contributed by atoms with E-state index in [1.807, 2.05) is 6.92 Å². The predicted molar refractivity (Wildman–Crippen MR) is 150 cm³/mol. The molecule has 2 aliphatic rings. The molecule has 1 saturated heterocycles. The summed E-state index contributed by atoms with van der Waals surface area (Å²) in [7, 11) is -0.197. The third-order valence-corrected chi connectivity index (χ3v) is 12.4. The van der Waals surface area contributed by atoms with Gasteiger partial charge >= 0.3 is 0 Å². The maximum Gasteiger partial charge on any atom is 0.248 e. The Balaban J connectivity index is 1.54. The minimum Gasteiger partial charge on any atom is -0.395 e. The summed E-state index contributed by atoms with van der Waals surface area (Å²) in [6.45, 7) is 1.68. The Morgan fingerprint density at radius 2 is 1.81 bits per heavy atom. The molecule has 5 rings (SSSR count). The second-order valence-electron chi connectivity index (χ2n) is 11.1. The van der Waals surface area contributed by atoms with E-state index in [0.717, 1.165) is 12.1 Å². The maximum absolute atomic E-state index is 14.2. The van der Waals surface area contributed by atoms with Gasteiger partial charge in [0.05, 0.1) is 52.8 Å². The van der Waals surface area contributed by atoms with Crippen LogP contribution in [0.2, 0.25) is 5.02 Å². The van der Waals surface area contributed by atoms with Crippen LogP contribution in [0.4, 0.5) is 22.0 Å². The molecule has 3 aromatic rings. The lowest BCUT2D eigenvalue weighted by atomic mass is 9.79. The monoisotopic (exact) mass is 653 g/mol. The molecule has 2 fully saturated rings. The van der Waals surface area contributed by atoms with Gasteiger partial charge in [-0.3, -0.25) is 4.68 Å². The zero-order valence-corrected chi connectivity index (χ0v) is 25.0. The Bertz CT molecular complexity index is 1430. The molecule has 1 aliphatic carbocycles. The second-order valence-corrected chi connectivity index (χ2v) is 14.1. The summed E-state index contributed by atoms with van der Waals surface area (Å²) >= 11 is 6.60. The third-order valence-electron chi connectivity index (χ3n) is 8.61. The van der Waals surface area contributed by atoms with Gasteiger partial charge in [0.1, 0.15) is 11.7 Å². The van der Waals surface area contributed by atoms with Crippen molar-refractivity contribution in [2.24, 2.45) is 0 Å². The van der Waals surface area contributed by atoms with Gasteiger partial charge in [-0.1, -0.05) is 16.8 Å². The average Bonchev–Trinajstić information content (AvgIpc) is 3.60. The predicted octanol–water partition coefficient (Wildman–Crippen LogP) is 4.21. The van der Waals surface area contributed by atoms with Crippen molar-refractivity contribution in [1.82, 2.24) is 24.8 Å². The molecule has 3 N–H and O–H groups in total. The van der Waals surface area contributed by atoms with Gasteiger partial charge in [0.25, 0.3) is 0 Å². The molecule has 0 bridgehead atoms. The number of thiol groups is 1. The smallest absolute Gasteiger partial charge is 0.248 e. The van der Waals surface area contributed by atoms with Crippen molar-refractivity contribution in [1.29, 1.82) is 0 Å². The Morgan fingerprint density at radius 3 is 2.40 bits per heavy atom. The lowest BCUT2D eigenvalue weighted by molar-refractivity contribution is -0.105. The Kier molecular flexibility index (Phi) is 9.14. The Morgan fingerprint density at radius 1 is 1.16 bits per heavy atom. The van der Waals surface area contributed by atoms with Crippen molar-refractivity contribution in [2.45, 2.75) is 79.4 Å². The number of aromatic nitrogens is 5. The minimum atomic E-state index is -2.93. The van der Waals surface area contributed by atoms with E-state index in [-0.39, 0.29) is 34.9 Å². The molecule has 16 heteroatoms. The summed E-state index contributed by atoms with van der Waals surface area (Å²) < 4.78 is 78.4. The molecular formula is C27H33ClF5N5O4S. The summed E-state index contributed by atoms with van der Waals surface area (Å²) in [5.41, 5.74) is -1.26. The van der Waals surface area contributed by atoms with E-state index in [4.69, 9.17) is 16.3 Å². The van der Waals surface area contributed by atoms with Crippen molar-refractivity contribution in [2.75, 3.05) is 19.5 Å². The Labute approximate surface area is 251 Å². The molecule has 1 aromatic carbocycles. The molecule has 0 amide bonds. The van der Waals surface area contributed by atoms with Crippen LogP contribution < -0.4 is 0 Å². The van der Waals surface area contributed by atoms with Crippen LogP contribution in [-0.4, -0.2) is 88.5 Å². The number of alkyl halides is 2. The Hall–Kier alpha value is -2.30. The topological polar surface area (TPSA) is 118 Å². The summed E-state index contributed by atoms with van der Waals surface area (Å²) in [6.07, 6.45) is -0.862. The molecule has 2 aromatic heterocycles. The van der Waals surface area contributed by atoms with Crippen molar-refractivity contribution in [3.63, 3.8) is 0 Å². The van der Waals surface area contributed by atoms with Crippen molar-refractivity contribution in [3.05, 3.63) is 52.7 Å². The fourth-order valence-corrected chi connectivity index (χ4v) is 10.6. The molecule has 238 valence electrons. The van der Waals surface area contributed by atoms with E-state index in [1.165, 1.54) is 24.2 Å². The van der Waals surface area contributed by atoms with E-state index in [9.17, 15) is 37.3 Å². The van der Waals surface area contributed by atoms with Crippen LogP contribution in [0.25, 0.3) is 11.3 Å². The van der Waals surface area contributed by atoms with Gasteiger partial charge in [-0.25, -0.2) is 37.5 Å². The summed E-state index contributed by atoms with van der Waals surface area (Å²) in [5.74, 6) is -7.17. The molecule has 43 heavy (non-hydrogen) atoms. The molecule has 1 saturated carbocycles. The van der Waals surface area contributed by atoms with E-state index in [0.29, 0.717) is 12.2 Å². The van der Waals surface area contributed by atoms with Gasteiger partial charge in [0.2, 0.25) is 5.92 Å². The number of hydrogen-bond acceptors (Lipinski definition) is 7. The van der Waals surface area contributed by atoms with Gasteiger partial charge in [0.15, 0.2) is 17.5 Å². The quantitative estimate of drug-likeness (QED) is 0.164. The van der Waals surface area contributed by atoms with Crippen molar-refractivity contribution >= 4 is 22.5 Å². The van der Waals surface area contributed by atoms with E-state index in [1.54, 1.807) is 4.68 Å². The van der Waals surface area contributed by atoms with Crippen LogP contribution in [0, 0.1) is 17.5 Å². The number of nitrogens with zero attached hydrogens (tertiary/aromatic N) is 5. The summed E-state index contributed by atoms with van der Waals surface area (Å²) in [4.78, 5) is 0. The van der Waals surface area contributed by atoms with Gasteiger partial charge in [-0.2, -0.15) is 5.10 Å². The number of hydrogen-bond donors (Lipinski definition) is 4. The highest BCUT2D eigenvalue weighted by atomic mass is 35.5. The van der Waals surface area contributed by atoms with Gasteiger partial charge in [-0.05, 0) is 31.9 Å². The van der Waals surface area contributed by atoms with Crippen LogP contribution in [0.15, 0.2) is 24.5 Å². The average molecular weight is 654 g/mol. The van der Waals surface area contributed by atoms with E-state index >= 15 is 0 Å². The lowest BCUT2D eigenvalue weighted by Gasteiger charge is -2.53. The van der Waals surface area contributed by atoms with Crippen molar-refractivity contribution < 1.29 is 42.0 Å². The maximum atomic E-state index is 14.2. The van der Waals surface area contributed by atoms with Gasteiger partial charge < -0.3 is 20.1 Å². The zero-order valence-electron chi connectivity index (χ0n) is 23.3.